The van der Waals surface area contributed by atoms with Gasteiger partial charge in [0.2, 0.25) is 5.91 Å². The molecule has 0 bridgehead atoms. The third-order valence-corrected chi connectivity index (χ3v) is 6.67. The van der Waals surface area contributed by atoms with Crippen molar-refractivity contribution in [3.8, 4) is 0 Å². The van der Waals surface area contributed by atoms with E-state index in [4.69, 9.17) is 4.99 Å². The predicted octanol–water partition coefficient (Wildman–Crippen LogP) is 5.73. The van der Waals surface area contributed by atoms with Crippen LogP contribution in [0.5, 0.6) is 0 Å². The van der Waals surface area contributed by atoms with Gasteiger partial charge in [-0.1, -0.05) is 61.0 Å². The number of rotatable bonds is 6. The van der Waals surface area contributed by atoms with Gasteiger partial charge in [-0.3, -0.25) is 19.5 Å². The van der Waals surface area contributed by atoms with Gasteiger partial charge in [-0.25, -0.2) is 0 Å². The van der Waals surface area contributed by atoms with E-state index in [-0.39, 0.29) is 11.7 Å². The first-order valence-electron chi connectivity index (χ1n) is 12.0. The molecular weight excluding hydrogens is 422 g/mol. The van der Waals surface area contributed by atoms with Gasteiger partial charge in [0.15, 0.2) is 5.78 Å². The van der Waals surface area contributed by atoms with Crippen LogP contribution in [0.15, 0.2) is 77.8 Å². The Kier molecular flexibility index (Phi) is 6.37. The lowest BCUT2D eigenvalue weighted by Gasteiger charge is -2.26. The van der Waals surface area contributed by atoms with Gasteiger partial charge in [0.1, 0.15) is 5.92 Å². The number of nitrogens with zero attached hydrogens (tertiary/aromatic N) is 2. The minimum Gasteiger partial charge on any atom is -0.325 e. The maximum Gasteiger partial charge on any atom is 0.238 e. The summed E-state index contributed by atoms with van der Waals surface area (Å²) in [5.74, 6) is -0.687. The first-order valence-corrected chi connectivity index (χ1v) is 12.0. The van der Waals surface area contributed by atoms with Crippen molar-refractivity contribution in [2.45, 2.75) is 38.6 Å². The van der Waals surface area contributed by atoms with E-state index in [0.29, 0.717) is 17.0 Å². The standard InChI is InChI=1S/C29H29N3O2/c1-20(33)23-12-15-25-26(18-23)31-29(34)27(25)28(22-8-4-2-5-9-22)30-24-13-10-21(11-14-24)19-32-16-6-3-7-17-32/h2,4-5,8-15,18,27H,3,6-7,16-17,19H2,1H3,(H,31,34). The molecule has 3 aromatic rings. The molecule has 0 aliphatic carbocycles. The molecule has 1 atom stereocenters. The maximum absolute atomic E-state index is 13.1. The molecule has 2 aliphatic rings. The summed E-state index contributed by atoms with van der Waals surface area (Å²) in [7, 11) is 0. The van der Waals surface area contributed by atoms with Crippen LogP contribution in [0.3, 0.4) is 0 Å². The highest BCUT2D eigenvalue weighted by molar-refractivity contribution is 6.24. The molecule has 1 amide bonds. The molecule has 1 saturated heterocycles. The molecule has 0 radical (unpaired) electrons. The number of anilines is 1. The Bertz CT molecular complexity index is 1230. The molecule has 2 heterocycles. The highest BCUT2D eigenvalue weighted by Gasteiger charge is 2.35. The zero-order valence-electron chi connectivity index (χ0n) is 19.5. The number of piperidine rings is 1. The van der Waals surface area contributed by atoms with Crippen molar-refractivity contribution in [3.05, 3.63) is 95.1 Å². The molecule has 3 aromatic carbocycles. The Morgan fingerprint density at radius 3 is 2.38 bits per heavy atom. The number of Topliss-reactive ketones (excluding diaryl/α,β-unsaturated/α-hetero) is 1. The Hall–Kier alpha value is -3.57. The van der Waals surface area contributed by atoms with Crippen molar-refractivity contribution >= 4 is 28.8 Å². The van der Waals surface area contributed by atoms with E-state index in [0.717, 1.165) is 23.4 Å². The largest absolute Gasteiger partial charge is 0.325 e. The number of aliphatic imine (C=N–C) groups is 1. The average molecular weight is 452 g/mol. The van der Waals surface area contributed by atoms with Crippen molar-refractivity contribution in [2.24, 2.45) is 4.99 Å². The third kappa shape index (κ3) is 4.70. The lowest BCUT2D eigenvalue weighted by atomic mass is 9.90. The summed E-state index contributed by atoms with van der Waals surface area (Å²) in [6.07, 6.45) is 3.89. The van der Waals surface area contributed by atoms with Crippen LogP contribution in [0.2, 0.25) is 0 Å². The normalized spacial score (nSPS) is 18.4. The molecule has 5 nitrogen and oxygen atoms in total. The van der Waals surface area contributed by atoms with Crippen LogP contribution >= 0.6 is 0 Å². The lowest BCUT2D eigenvalue weighted by Crippen LogP contribution is -2.28. The number of fused-ring (bicyclic) bond motifs is 1. The SMILES string of the molecule is CC(=O)c1ccc2c(c1)NC(=O)C2C(=Nc1ccc(CN2CCCCC2)cc1)c1ccccc1. The van der Waals surface area contributed by atoms with Crippen molar-refractivity contribution in [1.82, 2.24) is 4.90 Å². The van der Waals surface area contributed by atoms with Gasteiger partial charge in [-0.05, 0) is 67.7 Å². The molecule has 0 aromatic heterocycles. The summed E-state index contributed by atoms with van der Waals surface area (Å²) in [6, 6.07) is 23.6. The van der Waals surface area contributed by atoms with Crippen molar-refractivity contribution in [1.29, 1.82) is 0 Å². The number of hydrogen-bond donors (Lipinski definition) is 1. The van der Waals surface area contributed by atoms with Crippen molar-refractivity contribution in [3.63, 3.8) is 0 Å². The minimum absolute atomic E-state index is 0.0258. The van der Waals surface area contributed by atoms with Gasteiger partial charge < -0.3 is 5.32 Å². The van der Waals surface area contributed by atoms with Gasteiger partial charge in [0.25, 0.3) is 0 Å². The summed E-state index contributed by atoms with van der Waals surface area (Å²) in [5.41, 5.74) is 5.83. The average Bonchev–Trinajstić information content (AvgIpc) is 3.19. The Morgan fingerprint density at radius 1 is 0.941 bits per heavy atom. The maximum atomic E-state index is 13.1. The van der Waals surface area contributed by atoms with E-state index in [1.54, 1.807) is 12.1 Å². The first-order chi connectivity index (χ1) is 16.6. The van der Waals surface area contributed by atoms with E-state index in [1.165, 1.54) is 44.8 Å². The van der Waals surface area contributed by atoms with E-state index in [2.05, 4.69) is 22.3 Å². The summed E-state index contributed by atoms with van der Waals surface area (Å²) >= 11 is 0. The van der Waals surface area contributed by atoms with Crippen LogP contribution < -0.4 is 5.32 Å². The topological polar surface area (TPSA) is 61.8 Å². The van der Waals surface area contributed by atoms with Gasteiger partial charge in [0.05, 0.1) is 11.4 Å². The molecule has 1 fully saturated rings. The number of carbonyl (C=O) groups excluding carboxylic acids is 2. The van der Waals surface area contributed by atoms with Crippen LogP contribution in [-0.2, 0) is 11.3 Å². The molecule has 1 N–H and O–H groups in total. The Morgan fingerprint density at radius 2 is 1.68 bits per heavy atom. The molecule has 0 spiro atoms. The first kappa shape index (κ1) is 22.2. The third-order valence-electron chi connectivity index (χ3n) is 6.67. The van der Waals surface area contributed by atoms with Gasteiger partial charge in [0, 0.05) is 17.8 Å². The Labute approximate surface area is 200 Å². The molecular formula is C29H29N3O2. The summed E-state index contributed by atoms with van der Waals surface area (Å²) in [6.45, 7) is 4.83. The molecule has 1 unspecified atom stereocenters. The number of hydrogen-bond acceptors (Lipinski definition) is 4. The predicted molar refractivity (Wildman–Crippen MR) is 136 cm³/mol. The van der Waals surface area contributed by atoms with E-state index in [1.807, 2.05) is 48.5 Å². The monoisotopic (exact) mass is 451 g/mol. The molecule has 2 aliphatic heterocycles. The Balaban J connectivity index is 1.48. The van der Waals surface area contributed by atoms with Crippen LogP contribution in [0.4, 0.5) is 11.4 Å². The summed E-state index contributed by atoms with van der Waals surface area (Å²) in [5, 5.41) is 2.96. The zero-order valence-corrected chi connectivity index (χ0v) is 19.5. The fourth-order valence-electron chi connectivity index (χ4n) is 4.85. The fourth-order valence-corrected chi connectivity index (χ4v) is 4.85. The van der Waals surface area contributed by atoms with E-state index < -0.39 is 5.92 Å². The van der Waals surface area contributed by atoms with Gasteiger partial charge >= 0.3 is 0 Å². The van der Waals surface area contributed by atoms with Gasteiger partial charge in [-0.15, -0.1) is 0 Å². The summed E-state index contributed by atoms with van der Waals surface area (Å²) in [4.78, 5) is 32.4. The van der Waals surface area contributed by atoms with Crippen LogP contribution in [0.1, 0.15) is 59.2 Å². The molecule has 34 heavy (non-hydrogen) atoms. The van der Waals surface area contributed by atoms with Crippen LogP contribution in [0, 0.1) is 0 Å². The second-order valence-electron chi connectivity index (χ2n) is 9.15. The van der Waals surface area contributed by atoms with Crippen molar-refractivity contribution < 1.29 is 9.59 Å². The molecule has 0 saturated carbocycles. The quantitative estimate of drug-likeness (QED) is 0.384. The van der Waals surface area contributed by atoms with Crippen LogP contribution in [-0.4, -0.2) is 35.4 Å². The smallest absolute Gasteiger partial charge is 0.238 e. The number of benzene rings is 3. The highest BCUT2D eigenvalue weighted by atomic mass is 16.2. The second-order valence-corrected chi connectivity index (χ2v) is 9.15. The second kappa shape index (κ2) is 9.74. The van der Waals surface area contributed by atoms with Crippen molar-refractivity contribution in [2.75, 3.05) is 18.4 Å². The lowest BCUT2D eigenvalue weighted by molar-refractivity contribution is -0.115. The zero-order chi connectivity index (χ0) is 23.5. The number of amides is 1. The number of carbonyl (C=O) groups is 2. The fraction of sp³-hybridized carbons (Fsp3) is 0.276. The summed E-state index contributed by atoms with van der Waals surface area (Å²) < 4.78 is 0. The van der Waals surface area contributed by atoms with Crippen LogP contribution in [0.25, 0.3) is 0 Å². The number of nitrogens with one attached hydrogen (secondary N) is 1. The minimum atomic E-state index is -0.536. The van der Waals surface area contributed by atoms with Gasteiger partial charge in [-0.2, -0.15) is 0 Å². The molecule has 5 heteroatoms. The molecule has 172 valence electrons. The molecule has 5 rings (SSSR count). The number of likely N-dealkylation sites (tertiary alicyclic amines) is 1. The van der Waals surface area contributed by atoms with E-state index in [9.17, 15) is 9.59 Å². The van der Waals surface area contributed by atoms with E-state index >= 15 is 0 Å². The highest BCUT2D eigenvalue weighted by Crippen LogP contribution is 2.37. The number of ketones is 1.